The highest BCUT2D eigenvalue weighted by Gasteiger charge is 2.33. The second-order valence-electron chi connectivity index (χ2n) is 6.18. The number of aliphatic hydroxyl groups is 1. The minimum absolute atomic E-state index is 0.0753. The number of hydrogen-bond acceptors (Lipinski definition) is 9. The molecule has 0 atom stereocenters. The van der Waals surface area contributed by atoms with E-state index in [2.05, 4.69) is 4.99 Å². The van der Waals surface area contributed by atoms with Crippen molar-refractivity contribution in [2.75, 3.05) is 13.7 Å². The van der Waals surface area contributed by atoms with Gasteiger partial charge in [-0.15, -0.1) is 0 Å². The Labute approximate surface area is 181 Å². The van der Waals surface area contributed by atoms with Crippen molar-refractivity contribution in [1.82, 2.24) is 0 Å². The molecule has 10 heteroatoms. The Hall–Kier alpha value is -3.79. The number of nitro groups is 1. The molecule has 31 heavy (non-hydrogen) atoms. The number of hydrogen-bond donors (Lipinski definition) is 2. The maximum Gasteiger partial charge on any atom is 0.344 e. The number of nitrogens with zero attached hydrogens (tertiary/aromatic N) is 2. The molecule has 2 aromatic rings. The Kier molecular flexibility index (Phi) is 6.61. The standard InChI is InChI=1S/C21H18N2O7S/c1-3-30-21(26)18-19(25)17(11-12-4-9-16(29-2)15(24)10-12)31-20(18)22-13-5-7-14(8-6-13)23(27)28/h4-11,24-25H,3H2,1-2H3/b17-11-,22-20?. The number of aliphatic hydroxyl groups excluding tert-OH is 1. The van der Waals surface area contributed by atoms with Gasteiger partial charge in [-0.1, -0.05) is 17.8 Å². The lowest BCUT2D eigenvalue weighted by Crippen LogP contribution is -2.12. The number of carbonyl (C=O) groups is 1. The van der Waals surface area contributed by atoms with Crippen molar-refractivity contribution in [3.8, 4) is 11.5 Å². The molecule has 0 fully saturated rings. The summed E-state index contributed by atoms with van der Waals surface area (Å²) in [6.45, 7) is 1.75. The van der Waals surface area contributed by atoms with Crippen LogP contribution in [-0.2, 0) is 9.53 Å². The van der Waals surface area contributed by atoms with Crippen molar-refractivity contribution in [2.24, 2.45) is 4.99 Å². The predicted octanol–water partition coefficient (Wildman–Crippen LogP) is 4.50. The summed E-state index contributed by atoms with van der Waals surface area (Å²) in [6, 6.07) is 10.2. The molecule has 1 heterocycles. The Morgan fingerprint density at radius 1 is 1.23 bits per heavy atom. The molecule has 0 saturated heterocycles. The van der Waals surface area contributed by atoms with Gasteiger partial charge in [-0.3, -0.25) is 10.1 Å². The Balaban J connectivity index is 2.01. The Bertz CT molecular complexity index is 1120. The zero-order chi connectivity index (χ0) is 22.5. The molecule has 160 valence electrons. The van der Waals surface area contributed by atoms with Crippen LogP contribution in [-0.4, -0.2) is 39.9 Å². The number of thioether (sulfide) groups is 1. The van der Waals surface area contributed by atoms with Gasteiger partial charge in [0.25, 0.3) is 5.69 Å². The average molecular weight is 442 g/mol. The second-order valence-corrected chi connectivity index (χ2v) is 7.21. The number of nitro benzene ring substituents is 1. The third-order valence-electron chi connectivity index (χ3n) is 4.16. The summed E-state index contributed by atoms with van der Waals surface area (Å²) >= 11 is 1.04. The molecule has 0 unspecified atom stereocenters. The fraction of sp³-hybridized carbons (Fsp3) is 0.143. The average Bonchev–Trinajstić information content (AvgIpc) is 3.03. The molecule has 2 N–H and O–H groups in total. The molecule has 1 aliphatic rings. The summed E-state index contributed by atoms with van der Waals surface area (Å²) in [6.07, 6.45) is 1.58. The van der Waals surface area contributed by atoms with Crippen LogP contribution in [0.5, 0.6) is 11.5 Å². The van der Waals surface area contributed by atoms with Gasteiger partial charge < -0.3 is 19.7 Å². The molecule has 0 amide bonds. The smallest absolute Gasteiger partial charge is 0.344 e. The topological polar surface area (TPSA) is 131 Å². The van der Waals surface area contributed by atoms with Crippen LogP contribution in [0.25, 0.3) is 6.08 Å². The minimum Gasteiger partial charge on any atom is -0.506 e. The van der Waals surface area contributed by atoms with E-state index in [-0.39, 0.29) is 34.4 Å². The van der Waals surface area contributed by atoms with Crippen molar-refractivity contribution in [2.45, 2.75) is 6.92 Å². The van der Waals surface area contributed by atoms with Gasteiger partial charge in [0.1, 0.15) is 16.4 Å². The number of methoxy groups -OCH3 is 1. The van der Waals surface area contributed by atoms with Gasteiger partial charge in [0, 0.05) is 12.1 Å². The number of carbonyl (C=O) groups excluding carboxylic acids is 1. The number of ether oxygens (including phenoxy) is 2. The fourth-order valence-corrected chi connectivity index (χ4v) is 3.74. The lowest BCUT2D eigenvalue weighted by molar-refractivity contribution is -0.384. The van der Waals surface area contributed by atoms with E-state index in [0.29, 0.717) is 21.9 Å². The molecular weight excluding hydrogens is 424 g/mol. The van der Waals surface area contributed by atoms with E-state index in [1.807, 2.05) is 0 Å². The molecule has 1 aliphatic heterocycles. The van der Waals surface area contributed by atoms with E-state index in [1.54, 1.807) is 25.1 Å². The van der Waals surface area contributed by atoms with E-state index in [4.69, 9.17) is 9.47 Å². The zero-order valence-corrected chi connectivity index (χ0v) is 17.4. The van der Waals surface area contributed by atoms with Crippen LogP contribution in [0.15, 0.2) is 63.7 Å². The first-order valence-corrected chi connectivity index (χ1v) is 9.86. The van der Waals surface area contributed by atoms with E-state index < -0.39 is 10.9 Å². The van der Waals surface area contributed by atoms with Crippen LogP contribution in [0.4, 0.5) is 11.4 Å². The van der Waals surface area contributed by atoms with Crippen LogP contribution in [0, 0.1) is 10.1 Å². The number of benzene rings is 2. The normalized spacial score (nSPS) is 16.1. The number of non-ortho nitro benzene ring substituents is 1. The van der Waals surface area contributed by atoms with E-state index >= 15 is 0 Å². The van der Waals surface area contributed by atoms with Crippen molar-refractivity contribution in [3.63, 3.8) is 0 Å². The maximum atomic E-state index is 12.4. The van der Waals surface area contributed by atoms with Gasteiger partial charge in [0.15, 0.2) is 11.5 Å². The first-order chi connectivity index (χ1) is 14.8. The second kappa shape index (κ2) is 9.35. The maximum absolute atomic E-state index is 12.4. The lowest BCUT2D eigenvalue weighted by atomic mass is 10.1. The van der Waals surface area contributed by atoms with Gasteiger partial charge in [0.05, 0.1) is 29.2 Å². The highest BCUT2D eigenvalue weighted by molar-refractivity contribution is 8.18. The van der Waals surface area contributed by atoms with E-state index in [9.17, 15) is 25.1 Å². The molecule has 9 nitrogen and oxygen atoms in total. The highest BCUT2D eigenvalue weighted by atomic mass is 32.2. The number of phenolic OH excluding ortho intramolecular Hbond substituents is 1. The van der Waals surface area contributed by atoms with Gasteiger partial charge in [-0.25, -0.2) is 9.79 Å². The van der Waals surface area contributed by atoms with Gasteiger partial charge in [-0.2, -0.15) is 0 Å². The highest BCUT2D eigenvalue weighted by Crippen LogP contribution is 2.41. The monoisotopic (exact) mass is 442 g/mol. The number of phenols is 1. The molecule has 0 spiro atoms. The molecule has 2 aromatic carbocycles. The summed E-state index contributed by atoms with van der Waals surface area (Å²) in [5, 5.41) is 31.7. The molecule has 3 rings (SSSR count). The van der Waals surface area contributed by atoms with Crippen molar-refractivity contribution in [1.29, 1.82) is 0 Å². The first-order valence-electron chi connectivity index (χ1n) is 9.04. The van der Waals surface area contributed by atoms with Gasteiger partial charge in [-0.05, 0) is 42.8 Å². The number of aromatic hydroxyl groups is 1. The van der Waals surface area contributed by atoms with Crippen LogP contribution < -0.4 is 4.74 Å². The number of esters is 1. The predicted molar refractivity (Wildman–Crippen MR) is 117 cm³/mol. The molecule has 0 bridgehead atoms. The molecule has 0 saturated carbocycles. The van der Waals surface area contributed by atoms with Gasteiger partial charge >= 0.3 is 5.97 Å². The van der Waals surface area contributed by atoms with E-state index in [0.717, 1.165) is 11.8 Å². The molecule has 0 aliphatic carbocycles. The Morgan fingerprint density at radius 2 is 1.94 bits per heavy atom. The van der Waals surface area contributed by atoms with Gasteiger partial charge in [0.2, 0.25) is 0 Å². The summed E-state index contributed by atoms with van der Waals surface area (Å²) in [4.78, 5) is 27.4. The fourth-order valence-electron chi connectivity index (χ4n) is 2.71. The lowest BCUT2D eigenvalue weighted by Gasteiger charge is -2.04. The zero-order valence-electron chi connectivity index (χ0n) is 16.6. The summed E-state index contributed by atoms with van der Waals surface area (Å²) < 4.78 is 10.1. The Morgan fingerprint density at radius 3 is 2.52 bits per heavy atom. The van der Waals surface area contributed by atoms with E-state index in [1.165, 1.54) is 37.4 Å². The van der Waals surface area contributed by atoms with Crippen molar-refractivity contribution >= 4 is 40.2 Å². The third-order valence-corrected chi connectivity index (χ3v) is 5.18. The van der Waals surface area contributed by atoms with Crippen molar-refractivity contribution in [3.05, 3.63) is 74.4 Å². The summed E-state index contributed by atoms with van der Waals surface area (Å²) in [7, 11) is 1.43. The summed E-state index contributed by atoms with van der Waals surface area (Å²) in [5.41, 5.74) is 0.735. The van der Waals surface area contributed by atoms with Crippen LogP contribution in [0.1, 0.15) is 12.5 Å². The third kappa shape index (κ3) is 4.86. The number of rotatable bonds is 6. The molecule has 0 radical (unpaired) electrons. The summed E-state index contributed by atoms with van der Waals surface area (Å²) in [5.74, 6) is -0.823. The molecule has 0 aromatic heterocycles. The van der Waals surface area contributed by atoms with Crippen LogP contribution in [0.3, 0.4) is 0 Å². The number of aliphatic imine (C=N–C) groups is 1. The molecular formula is C21H18N2O7S. The minimum atomic E-state index is -0.742. The van der Waals surface area contributed by atoms with Crippen molar-refractivity contribution < 1.29 is 29.4 Å². The SMILES string of the molecule is CCOC(=O)C1=C(O)/C(=C/c2ccc(OC)c(O)c2)SC1=Nc1ccc([N+](=O)[O-])cc1. The quantitative estimate of drug-likeness (QED) is 0.380. The van der Waals surface area contributed by atoms with Crippen LogP contribution >= 0.6 is 11.8 Å². The largest absolute Gasteiger partial charge is 0.506 e. The first kappa shape index (κ1) is 21.9. The van der Waals surface area contributed by atoms with Crippen LogP contribution in [0.2, 0.25) is 0 Å².